The summed E-state index contributed by atoms with van der Waals surface area (Å²) in [4.78, 5) is 13.0. The van der Waals surface area contributed by atoms with Gasteiger partial charge in [-0.05, 0) is 33.6 Å². The van der Waals surface area contributed by atoms with E-state index in [0.717, 1.165) is 25.4 Å². The highest BCUT2D eigenvalue weighted by Gasteiger charge is 2.39. The van der Waals surface area contributed by atoms with Crippen LogP contribution < -0.4 is 11.1 Å². The van der Waals surface area contributed by atoms with Crippen LogP contribution in [0.3, 0.4) is 0 Å². The van der Waals surface area contributed by atoms with Crippen LogP contribution in [0, 0.1) is 0 Å². The largest absolute Gasteiger partial charge is 0.500 e. The van der Waals surface area contributed by atoms with E-state index in [0.29, 0.717) is 38.0 Å². The van der Waals surface area contributed by atoms with Gasteiger partial charge in [-0.1, -0.05) is 39.0 Å². The lowest BCUT2D eigenvalue weighted by Crippen LogP contribution is -2.46. The van der Waals surface area contributed by atoms with Crippen LogP contribution in [0.25, 0.3) is 0 Å². The lowest BCUT2D eigenvalue weighted by molar-refractivity contribution is 0.0708. The van der Waals surface area contributed by atoms with Crippen molar-refractivity contribution in [2.24, 2.45) is 0 Å². The van der Waals surface area contributed by atoms with Crippen molar-refractivity contribution >= 4 is 20.7 Å². The number of hydrogen-bond donors (Lipinski definition) is 2. The van der Waals surface area contributed by atoms with Crippen LogP contribution in [0.5, 0.6) is 0 Å². The molecule has 3 N–H and O–H groups in total. The van der Waals surface area contributed by atoms with Crippen molar-refractivity contribution in [3.8, 4) is 0 Å². The van der Waals surface area contributed by atoms with Gasteiger partial charge in [-0.2, -0.15) is 15.0 Å². The smallest absolute Gasteiger partial charge is 0.374 e. The van der Waals surface area contributed by atoms with Crippen molar-refractivity contribution in [2.45, 2.75) is 85.1 Å². The van der Waals surface area contributed by atoms with Crippen molar-refractivity contribution in [1.29, 1.82) is 0 Å². The summed E-state index contributed by atoms with van der Waals surface area (Å²) < 4.78 is 17.7. The molecule has 0 aliphatic carbocycles. The summed E-state index contributed by atoms with van der Waals surface area (Å²) in [6.07, 6.45) is 9.01. The van der Waals surface area contributed by atoms with Crippen molar-refractivity contribution < 1.29 is 13.3 Å². The fraction of sp³-hybridized carbons (Fsp3) is 0.850. The lowest BCUT2D eigenvalue weighted by atomic mass is 10.1. The first-order valence-corrected chi connectivity index (χ1v) is 13.2. The van der Waals surface area contributed by atoms with Crippen LogP contribution in [0.4, 0.5) is 11.9 Å². The summed E-state index contributed by atoms with van der Waals surface area (Å²) in [7, 11) is -2.63. The predicted molar refractivity (Wildman–Crippen MR) is 120 cm³/mol. The van der Waals surface area contributed by atoms with E-state index in [1.807, 2.05) is 20.8 Å². The third kappa shape index (κ3) is 10.9. The van der Waals surface area contributed by atoms with E-state index >= 15 is 0 Å². The van der Waals surface area contributed by atoms with Crippen molar-refractivity contribution in [2.75, 3.05) is 37.4 Å². The van der Waals surface area contributed by atoms with Crippen LogP contribution in [0.15, 0.2) is 0 Å². The second-order valence-corrected chi connectivity index (χ2v) is 9.70. The van der Waals surface area contributed by atoms with Crippen LogP contribution in [-0.2, 0) is 19.7 Å². The van der Waals surface area contributed by atoms with Gasteiger partial charge in [0.15, 0.2) is 0 Å². The molecule has 0 aliphatic rings. The average molecular weight is 428 g/mol. The summed E-state index contributed by atoms with van der Waals surface area (Å²) in [6.45, 7) is 10.7. The Hall–Kier alpha value is -1.29. The van der Waals surface area contributed by atoms with E-state index in [2.05, 4.69) is 27.2 Å². The van der Waals surface area contributed by atoms with E-state index in [1.165, 1.54) is 32.1 Å². The average Bonchev–Trinajstić information content (AvgIpc) is 2.67. The Balaban J connectivity index is 2.50. The Bertz CT molecular complexity index is 534. The van der Waals surface area contributed by atoms with E-state index in [1.54, 1.807) is 0 Å². The Morgan fingerprint density at radius 2 is 1.41 bits per heavy atom. The molecule has 1 aromatic heterocycles. The zero-order valence-corrected chi connectivity index (χ0v) is 19.8. The molecule has 0 fully saturated rings. The maximum absolute atomic E-state index is 5.90. The molecule has 0 saturated heterocycles. The monoisotopic (exact) mass is 427 g/mol. The van der Waals surface area contributed by atoms with E-state index < -0.39 is 8.80 Å². The van der Waals surface area contributed by atoms with Gasteiger partial charge in [-0.15, -0.1) is 0 Å². The highest BCUT2D eigenvalue weighted by atomic mass is 28.4. The minimum atomic E-state index is -2.63. The van der Waals surface area contributed by atoms with Gasteiger partial charge < -0.3 is 24.3 Å². The minimum Gasteiger partial charge on any atom is -0.374 e. The third-order valence-electron chi connectivity index (χ3n) is 4.49. The standard InChI is InChI=1S/C20H41N5O3Si/c1-5-9-10-11-12-13-16-22-20-24-18(23-19(21)25-20)15-14-17-29(26-6-2,27-7-3)28-8-4/h5-17H2,1-4H3,(H3,21,22,23,24,25). The van der Waals surface area contributed by atoms with E-state index in [4.69, 9.17) is 19.0 Å². The number of nitrogens with zero attached hydrogens (tertiary/aromatic N) is 3. The maximum atomic E-state index is 5.90. The van der Waals surface area contributed by atoms with Gasteiger partial charge in [0.25, 0.3) is 0 Å². The fourth-order valence-corrected chi connectivity index (χ4v) is 5.81. The second kappa shape index (κ2) is 15.5. The molecule has 0 atom stereocenters. The molecule has 29 heavy (non-hydrogen) atoms. The Kier molecular flexibility index (Phi) is 13.8. The summed E-state index contributed by atoms with van der Waals surface area (Å²) in [5.74, 6) is 1.50. The first-order valence-electron chi connectivity index (χ1n) is 11.2. The van der Waals surface area contributed by atoms with Gasteiger partial charge in [0.05, 0.1) is 0 Å². The SMILES string of the molecule is CCCCCCCCNc1nc(N)nc(CCC[Si](OCC)(OCC)OCC)n1. The highest BCUT2D eigenvalue weighted by molar-refractivity contribution is 6.60. The molecule has 0 aliphatic heterocycles. The summed E-state index contributed by atoms with van der Waals surface area (Å²) in [6, 6.07) is 0.731. The van der Waals surface area contributed by atoms with Crippen LogP contribution in [0.2, 0.25) is 6.04 Å². The molecule has 0 spiro atoms. The summed E-state index contributed by atoms with van der Waals surface area (Å²) in [5.41, 5.74) is 5.88. The van der Waals surface area contributed by atoms with Crippen molar-refractivity contribution in [1.82, 2.24) is 15.0 Å². The van der Waals surface area contributed by atoms with Crippen LogP contribution in [0.1, 0.15) is 78.5 Å². The Labute approximate surface area is 177 Å². The first kappa shape index (κ1) is 25.7. The molecule has 168 valence electrons. The molecule has 0 aromatic carbocycles. The molecular weight excluding hydrogens is 386 g/mol. The number of anilines is 2. The number of unbranched alkanes of at least 4 members (excludes halogenated alkanes) is 5. The fourth-order valence-electron chi connectivity index (χ4n) is 3.20. The number of aromatic nitrogens is 3. The molecule has 0 amide bonds. The summed E-state index contributed by atoms with van der Waals surface area (Å²) >= 11 is 0. The van der Waals surface area contributed by atoms with Crippen LogP contribution >= 0.6 is 0 Å². The molecule has 0 bridgehead atoms. The topological polar surface area (TPSA) is 104 Å². The second-order valence-electron chi connectivity index (χ2n) is 6.96. The van der Waals surface area contributed by atoms with Gasteiger partial charge in [-0.25, -0.2) is 0 Å². The van der Waals surface area contributed by atoms with E-state index in [-0.39, 0.29) is 5.95 Å². The number of nitrogens with two attached hydrogens (primary N) is 1. The number of nitrogens with one attached hydrogen (secondary N) is 1. The molecule has 0 unspecified atom stereocenters. The Morgan fingerprint density at radius 3 is 2.03 bits per heavy atom. The van der Waals surface area contributed by atoms with Gasteiger partial charge in [0.2, 0.25) is 11.9 Å². The lowest BCUT2D eigenvalue weighted by Gasteiger charge is -2.28. The van der Waals surface area contributed by atoms with Gasteiger partial charge in [-0.3, -0.25) is 0 Å². The zero-order chi connectivity index (χ0) is 21.4. The van der Waals surface area contributed by atoms with Crippen molar-refractivity contribution in [3.05, 3.63) is 5.82 Å². The molecular formula is C20H41N5O3Si. The third-order valence-corrected chi connectivity index (χ3v) is 7.64. The highest BCUT2D eigenvalue weighted by Crippen LogP contribution is 2.19. The summed E-state index contributed by atoms with van der Waals surface area (Å²) in [5, 5.41) is 3.28. The number of hydrogen-bond acceptors (Lipinski definition) is 8. The minimum absolute atomic E-state index is 0.253. The van der Waals surface area contributed by atoms with Gasteiger partial charge in [0, 0.05) is 38.8 Å². The van der Waals surface area contributed by atoms with E-state index in [9.17, 15) is 0 Å². The van der Waals surface area contributed by atoms with Crippen molar-refractivity contribution in [3.63, 3.8) is 0 Å². The zero-order valence-electron chi connectivity index (χ0n) is 18.8. The molecule has 0 radical (unpaired) electrons. The Morgan fingerprint density at radius 1 is 0.793 bits per heavy atom. The van der Waals surface area contributed by atoms with Gasteiger partial charge >= 0.3 is 8.80 Å². The molecule has 9 heteroatoms. The molecule has 1 rings (SSSR count). The first-order chi connectivity index (χ1) is 14.1. The molecule has 0 saturated carbocycles. The predicted octanol–water partition coefficient (Wildman–Crippen LogP) is 4.21. The number of rotatable bonds is 18. The van der Waals surface area contributed by atoms with Gasteiger partial charge in [0.1, 0.15) is 5.82 Å². The van der Waals surface area contributed by atoms with Crippen LogP contribution in [-0.4, -0.2) is 50.1 Å². The quantitative estimate of drug-likeness (QED) is 0.265. The number of aryl methyl sites for hydroxylation is 1. The normalized spacial score (nSPS) is 11.7. The maximum Gasteiger partial charge on any atom is 0.500 e. The molecule has 1 heterocycles. The molecule has 1 aromatic rings. The molecule has 8 nitrogen and oxygen atoms in total. The number of nitrogen functional groups attached to an aromatic ring is 1.